The molecule has 0 spiro atoms. The summed E-state index contributed by atoms with van der Waals surface area (Å²) < 4.78 is 0. The number of carbonyl (C=O) groups excluding carboxylic acids is 1. The van der Waals surface area contributed by atoms with E-state index in [-0.39, 0.29) is 11.4 Å². The molecule has 1 rings (SSSR count). The van der Waals surface area contributed by atoms with E-state index in [2.05, 4.69) is 10.6 Å². The summed E-state index contributed by atoms with van der Waals surface area (Å²) in [7, 11) is 0. The standard InChI is InChI=1S/C14H20N2OS/c1-10-5-7-11(8-6-10)9-12(17)15-13(18)16-14(2,3)4/h5-8H,9H2,1-4H3,(H2,15,16,17,18). The maximum Gasteiger partial charge on any atom is 0.230 e. The predicted molar refractivity (Wildman–Crippen MR) is 78.5 cm³/mol. The van der Waals surface area contributed by atoms with Gasteiger partial charge in [0.1, 0.15) is 0 Å². The van der Waals surface area contributed by atoms with Crippen LogP contribution in [0.1, 0.15) is 31.9 Å². The number of rotatable bonds is 2. The van der Waals surface area contributed by atoms with Gasteiger partial charge >= 0.3 is 0 Å². The van der Waals surface area contributed by atoms with Crippen molar-refractivity contribution in [2.45, 2.75) is 39.7 Å². The van der Waals surface area contributed by atoms with Crippen molar-refractivity contribution in [1.29, 1.82) is 0 Å². The normalized spacial score (nSPS) is 10.9. The summed E-state index contributed by atoms with van der Waals surface area (Å²) in [4.78, 5) is 11.8. The van der Waals surface area contributed by atoms with E-state index >= 15 is 0 Å². The maximum atomic E-state index is 11.8. The third kappa shape index (κ3) is 5.77. The zero-order chi connectivity index (χ0) is 13.8. The molecule has 0 aliphatic heterocycles. The summed E-state index contributed by atoms with van der Waals surface area (Å²) in [5.41, 5.74) is 2.02. The van der Waals surface area contributed by atoms with Crippen LogP contribution in [0, 0.1) is 6.92 Å². The molecule has 1 aromatic carbocycles. The first kappa shape index (κ1) is 14.6. The smallest absolute Gasteiger partial charge is 0.230 e. The Bertz CT molecular complexity index is 432. The number of hydrogen-bond donors (Lipinski definition) is 2. The van der Waals surface area contributed by atoms with Crippen LogP contribution in [0.25, 0.3) is 0 Å². The molecule has 0 saturated heterocycles. The van der Waals surface area contributed by atoms with E-state index in [1.807, 2.05) is 52.0 Å². The van der Waals surface area contributed by atoms with E-state index in [9.17, 15) is 4.79 Å². The van der Waals surface area contributed by atoms with Crippen molar-refractivity contribution in [2.24, 2.45) is 0 Å². The van der Waals surface area contributed by atoms with Crippen LogP contribution in [-0.4, -0.2) is 16.6 Å². The number of thiocarbonyl (C=S) groups is 1. The monoisotopic (exact) mass is 264 g/mol. The second-order valence-electron chi connectivity index (χ2n) is 5.41. The van der Waals surface area contributed by atoms with Gasteiger partial charge in [-0.1, -0.05) is 29.8 Å². The minimum atomic E-state index is -0.145. The van der Waals surface area contributed by atoms with Crippen LogP contribution in [0.2, 0.25) is 0 Å². The number of carbonyl (C=O) groups is 1. The molecule has 3 nitrogen and oxygen atoms in total. The number of nitrogens with one attached hydrogen (secondary N) is 2. The molecular formula is C14H20N2OS. The lowest BCUT2D eigenvalue weighted by Gasteiger charge is -2.22. The van der Waals surface area contributed by atoms with Gasteiger partial charge in [0, 0.05) is 5.54 Å². The average Bonchev–Trinajstić information content (AvgIpc) is 2.18. The lowest BCUT2D eigenvalue weighted by atomic mass is 10.1. The highest BCUT2D eigenvalue weighted by Gasteiger charge is 2.13. The maximum absolute atomic E-state index is 11.8. The zero-order valence-electron chi connectivity index (χ0n) is 11.3. The zero-order valence-corrected chi connectivity index (χ0v) is 12.1. The van der Waals surface area contributed by atoms with Gasteiger partial charge in [-0.25, -0.2) is 0 Å². The summed E-state index contributed by atoms with van der Waals surface area (Å²) in [6.45, 7) is 7.99. The molecule has 4 heteroatoms. The van der Waals surface area contributed by atoms with Crippen LogP contribution < -0.4 is 10.6 Å². The summed E-state index contributed by atoms with van der Waals surface area (Å²) in [6.07, 6.45) is 0.340. The third-order valence-corrected chi connectivity index (χ3v) is 2.43. The molecule has 18 heavy (non-hydrogen) atoms. The van der Waals surface area contributed by atoms with Crippen LogP contribution in [0.15, 0.2) is 24.3 Å². The van der Waals surface area contributed by atoms with Gasteiger partial charge in [-0.3, -0.25) is 4.79 Å². The molecule has 0 bridgehead atoms. The fraction of sp³-hybridized carbons (Fsp3) is 0.429. The second-order valence-corrected chi connectivity index (χ2v) is 5.82. The average molecular weight is 264 g/mol. The van der Waals surface area contributed by atoms with Gasteiger partial charge in [-0.05, 0) is 45.5 Å². The Hall–Kier alpha value is -1.42. The third-order valence-electron chi connectivity index (χ3n) is 2.23. The Morgan fingerprint density at radius 1 is 1.22 bits per heavy atom. The Labute approximate surface area is 114 Å². The summed E-state index contributed by atoms with van der Waals surface area (Å²) >= 11 is 5.07. The summed E-state index contributed by atoms with van der Waals surface area (Å²) in [6, 6.07) is 7.90. The molecule has 0 unspecified atom stereocenters. The van der Waals surface area contributed by atoms with E-state index in [0.717, 1.165) is 5.56 Å². The Balaban J connectivity index is 2.47. The van der Waals surface area contributed by atoms with Gasteiger partial charge in [-0.15, -0.1) is 0 Å². The molecule has 0 atom stereocenters. The molecule has 0 fully saturated rings. The van der Waals surface area contributed by atoms with Crippen LogP contribution in [0.5, 0.6) is 0 Å². The van der Waals surface area contributed by atoms with E-state index in [0.29, 0.717) is 11.5 Å². The minimum Gasteiger partial charge on any atom is -0.358 e. The van der Waals surface area contributed by atoms with Gasteiger partial charge in [0.15, 0.2) is 5.11 Å². The van der Waals surface area contributed by atoms with Crippen molar-refractivity contribution >= 4 is 23.2 Å². The van der Waals surface area contributed by atoms with Crippen LogP contribution in [-0.2, 0) is 11.2 Å². The van der Waals surface area contributed by atoms with Crippen molar-refractivity contribution in [2.75, 3.05) is 0 Å². The Morgan fingerprint density at radius 3 is 2.28 bits per heavy atom. The first-order valence-electron chi connectivity index (χ1n) is 5.94. The van der Waals surface area contributed by atoms with Gasteiger partial charge < -0.3 is 10.6 Å². The lowest BCUT2D eigenvalue weighted by molar-refractivity contribution is -0.119. The molecule has 2 N–H and O–H groups in total. The molecule has 0 saturated carbocycles. The van der Waals surface area contributed by atoms with E-state index < -0.39 is 0 Å². The quantitative estimate of drug-likeness (QED) is 0.806. The summed E-state index contributed by atoms with van der Waals surface area (Å²) in [5.74, 6) is -0.0967. The number of hydrogen-bond acceptors (Lipinski definition) is 2. The molecule has 0 aliphatic carbocycles. The minimum absolute atomic E-state index is 0.0967. The molecule has 1 aromatic rings. The highest BCUT2D eigenvalue weighted by atomic mass is 32.1. The first-order valence-corrected chi connectivity index (χ1v) is 6.34. The largest absolute Gasteiger partial charge is 0.358 e. The second kappa shape index (κ2) is 5.96. The van der Waals surface area contributed by atoms with Crippen LogP contribution >= 0.6 is 12.2 Å². The van der Waals surface area contributed by atoms with Gasteiger partial charge in [0.2, 0.25) is 5.91 Å². The van der Waals surface area contributed by atoms with Crippen LogP contribution in [0.3, 0.4) is 0 Å². The van der Waals surface area contributed by atoms with Crippen molar-refractivity contribution in [1.82, 2.24) is 10.6 Å². The van der Waals surface area contributed by atoms with E-state index in [1.165, 1.54) is 5.56 Å². The predicted octanol–water partition coefficient (Wildman–Crippen LogP) is 2.33. The first-order chi connectivity index (χ1) is 8.26. The highest BCUT2D eigenvalue weighted by molar-refractivity contribution is 7.80. The topological polar surface area (TPSA) is 41.1 Å². The van der Waals surface area contributed by atoms with Crippen molar-refractivity contribution in [3.63, 3.8) is 0 Å². The van der Waals surface area contributed by atoms with Gasteiger partial charge in [0.25, 0.3) is 0 Å². The molecule has 0 aromatic heterocycles. The fourth-order valence-corrected chi connectivity index (χ4v) is 1.85. The molecule has 0 aliphatic rings. The molecule has 0 radical (unpaired) electrons. The number of amides is 1. The van der Waals surface area contributed by atoms with Gasteiger partial charge in [-0.2, -0.15) is 0 Å². The number of benzene rings is 1. The SMILES string of the molecule is Cc1ccc(CC(=O)NC(=S)NC(C)(C)C)cc1. The van der Waals surface area contributed by atoms with Gasteiger partial charge in [0.05, 0.1) is 6.42 Å². The Kier molecular flexibility index (Phi) is 4.84. The van der Waals surface area contributed by atoms with Crippen molar-refractivity contribution in [3.05, 3.63) is 35.4 Å². The molecule has 98 valence electrons. The highest BCUT2D eigenvalue weighted by Crippen LogP contribution is 2.04. The molecule has 1 amide bonds. The van der Waals surface area contributed by atoms with Crippen molar-refractivity contribution < 1.29 is 4.79 Å². The van der Waals surface area contributed by atoms with E-state index in [4.69, 9.17) is 12.2 Å². The fourth-order valence-electron chi connectivity index (χ4n) is 1.43. The lowest BCUT2D eigenvalue weighted by Crippen LogP contribution is -2.48. The van der Waals surface area contributed by atoms with Crippen molar-refractivity contribution in [3.8, 4) is 0 Å². The summed E-state index contributed by atoms with van der Waals surface area (Å²) in [5, 5.41) is 6.10. The van der Waals surface area contributed by atoms with E-state index in [1.54, 1.807) is 0 Å². The number of aryl methyl sites for hydroxylation is 1. The molecular weight excluding hydrogens is 244 g/mol. The van der Waals surface area contributed by atoms with Crippen LogP contribution in [0.4, 0.5) is 0 Å². The Morgan fingerprint density at radius 2 is 1.78 bits per heavy atom. The molecule has 0 heterocycles.